The van der Waals surface area contributed by atoms with Gasteiger partial charge >= 0.3 is 0 Å². The highest BCUT2D eigenvalue weighted by molar-refractivity contribution is 6.07. The molecule has 0 aliphatic rings. The first-order valence-corrected chi connectivity index (χ1v) is 6.48. The van der Waals surface area contributed by atoms with E-state index < -0.39 is 0 Å². The highest BCUT2D eigenvalue weighted by Gasteiger charge is 2.17. The second kappa shape index (κ2) is 5.74. The summed E-state index contributed by atoms with van der Waals surface area (Å²) in [6.45, 7) is 1.98. The lowest BCUT2D eigenvalue weighted by molar-refractivity contribution is 0.0993. The van der Waals surface area contributed by atoms with Crippen LogP contribution in [0.25, 0.3) is 0 Å². The quantitative estimate of drug-likeness (QED) is 0.859. The standard InChI is InChI=1S/C16H19N3O/c1-12-7-5-8-13(11-12)16(20)19(4)14-9-6-10-17-15(14)18(2)3/h5-11H,1-4H3. The van der Waals surface area contributed by atoms with Crippen molar-refractivity contribution in [2.24, 2.45) is 0 Å². The number of pyridine rings is 1. The van der Waals surface area contributed by atoms with E-state index in [-0.39, 0.29) is 5.91 Å². The topological polar surface area (TPSA) is 36.4 Å². The molecule has 0 unspecified atom stereocenters. The molecule has 0 bridgehead atoms. The molecule has 0 saturated carbocycles. The van der Waals surface area contributed by atoms with Crippen molar-refractivity contribution < 1.29 is 4.79 Å². The van der Waals surface area contributed by atoms with E-state index >= 15 is 0 Å². The van der Waals surface area contributed by atoms with E-state index in [9.17, 15) is 4.79 Å². The molecule has 20 heavy (non-hydrogen) atoms. The van der Waals surface area contributed by atoms with Crippen molar-refractivity contribution in [3.63, 3.8) is 0 Å². The third-order valence-electron chi connectivity index (χ3n) is 3.12. The largest absolute Gasteiger partial charge is 0.361 e. The summed E-state index contributed by atoms with van der Waals surface area (Å²) in [7, 11) is 5.60. The number of anilines is 2. The molecule has 0 spiro atoms. The molecule has 104 valence electrons. The number of amides is 1. The van der Waals surface area contributed by atoms with E-state index in [0.717, 1.165) is 17.1 Å². The maximum Gasteiger partial charge on any atom is 0.258 e. The number of carbonyl (C=O) groups excluding carboxylic acids is 1. The average Bonchev–Trinajstić information content (AvgIpc) is 2.45. The lowest BCUT2D eigenvalue weighted by Gasteiger charge is -2.23. The van der Waals surface area contributed by atoms with Crippen molar-refractivity contribution >= 4 is 17.4 Å². The molecule has 1 aromatic heterocycles. The van der Waals surface area contributed by atoms with Gasteiger partial charge in [0.1, 0.15) is 0 Å². The van der Waals surface area contributed by atoms with Crippen molar-refractivity contribution in [1.82, 2.24) is 4.98 Å². The normalized spacial score (nSPS) is 10.2. The number of aryl methyl sites for hydroxylation is 1. The van der Waals surface area contributed by atoms with Gasteiger partial charge < -0.3 is 9.80 Å². The Hall–Kier alpha value is -2.36. The van der Waals surface area contributed by atoms with Crippen LogP contribution in [0.1, 0.15) is 15.9 Å². The molecule has 0 fully saturated rings. The summed E-state index contributed by atoms with van der Waals surface area (Å²) in [5.41, 5.74) is 2.55. The van der Waals surface area contributed by atoms with Gasteiger partial charge in [-0.3, -0.25) is 4.79 Å². The van der Waals surface area contributed by atoms with Crippen LogP contribution in [0.2, 0.25) is 0 Å². The summed E-state index contributed by atoms with van der Waals surface area (Å²) in [5, 5.41) is 0. The lowest BCUT2D eigenvalue weighted by Crippen LogP contribution is -2.28. The van der Waals surface area contributed by atoms with Gasteiger partial charge in [0, 0.05) is 32.9 Å². The zero-order chi connectivity index (χ0) is 14.7. The molecule has 1 aromatic carbocycles. The first kappa shape index (κ1) is 14.1. The predicted octanol–water partition coefficient (Wildman–Crippen LogP) is 2.73. The minimum absolute atomic E-state index is 0.0372. The van der Waals surface area contributed by atoms with E-state index in [1.807, 2.05) is 62.3 Å². The van der Waals surface area contributed by atoms with Gasteiger partial charge in [-0.05, 0) is 31.2 Å². The average molecular weight is 269 g/mol. The van der Waals surface area contributed by atoms with Crippen LogP contribution in [0.3, 0.4) is 0 Å². The Kier molecular flexibility index (Phi) is 4.03. The summed E-state index contributed by atoms with van der Waals surface area (Å²) in [6, 6.07) is 11.3. The molecule has 0 radical (unpaired) electrons. The smallest absolute Gasteiger partial charge is 0.258 e. The monoisotopic (exact) mass is 269 g/mol. The third-order valence-corrected chi connectivity index (χ3v) is 3.12. The number of aromatic nitrogens is 1. The zero-order valence-corrected chi connectivity index (χ0v) is 12.3. The van der Waals surface area contributed by atoms with Crippen molar-refractivity contribution in [2.75, 3.05) is 30.9 Å². The van der Waals surface area contributed by atoms with E-state index in [1.165, 1.54) is 0 Å². The van der Waals surface area contributed by atoms with Crippen molar-refractivity contribution in [2.45, 2.75) is 6.92 Å². The van der Waals surface area contributed by atoms with Crippen LogP contribution >= 0.6 is 0 Å². The van der Waals surface area contributed by atoms with Gasteiger partial charge in [0.2, 0.25) is 0 Å². The van der Waals surface area contributed by atoms with E-state index in [4.69, 9.17) is 0 Å². The van der Waals surface area contributed by atoms with Gasteiger partial charge in [-0.1, -0.05) is 17.7 Å². The Morgan fingerprint density at radius 2 is 1.85 bits per heavy atom. The molecular weight excluding hydrogens is 250 g/mol. The summed E-state index contributed by atoms with van der Waals surface area (Å²) >= 11 is 0. The number of benzene rings is 1. The van der Waals surface area contributed by atoms with E-state index in [0.29, 0.717) is 5.56 Å². The SMILES string of the molecule is Cc1cccc(C(=O)N(C)c2cccnc2N(C)C)c1. The number of hydrogen-bond donors (Lipinski definition) is 0. The van der Waals surface area contributed by atoms with Gasteiger partial charge in [-0.15, -0.1) is 0 Å². The first-order chi connectivity index (χ1) is 9.50. The number of hydrogen-bond acceptors (Lipinski definition) is 3. The van der Waals surface area contributed by atoms with Crippen LogP contribution in [0.4, 0.5) is 11.5 Å². The van der Waals surface area contributed by atoms with Gasteiger partial charge in [-0.25, -0.2) is 4.98 Å². The molecule has 1 heterocycles. The summed E-state index contributed by atoms with van der Waals surface area (Å²) in [6.07, 6.45) is 1.73. The molecule has 2 rings (SSSR count). The Morgan fingerprint density at radius 3 is 2.50 bits per heavy atom. The molecule has 2 aromatic rings. The first-order valence-electron chi connectivity index (χ1n) is 6.48. The minimum Gasteiger partial charge on any atom is -0.361 e. The summed E-state index contributed by atoms with van der Waals surface area (Å²) < 4.78 is 0. The zero-order valence-electron chi connectivity index (χ0n) is 12.3. The maximum absolute atomic E-state index is 12.6. The third kappa shape index (κ3) is 2.79. The Bertz CT molecular complexity index is 623. The number of nitrogens with zero attached hydrogens (tertiary/aromatic N) is 3. The van der Waals surface area contributed by atoms with Crippen molar-refractivity contribution in [3.8, 4) is 0 Å². The molecule has 0 atom stereocenters. The fraction of sp³-hybridized carbons (Fsp3) is 0.250. The molecule has 4 nitrogen and oxygen atoms in total. The van der Waals surface area contributed by atoms with Crippen LogP contribution < -0.4 is 9.80 Å². The molecular formula is C16H19N3O. The molecule has 0 saturated heterocycles. The second-order valence-electron chi connectivity index (χ2n) is 4.97. The Balaban J connectivity index is 2.36. The molecule has 4 heteroatoms. The predicted molar refractivity (Wildman–Crippen MR) is 82.5 cm³/mol. The van der Waals surface area contributed by atoms with Crippen LogP contribution in [0.5, 0.6) is 0 Å². The summed E-state index contributed by atoms with van der Waals surface area (Å²) in [4.78, 5) is 20.4. The highest BCUT2D eigenvalue weighted by atomic mass is 16.2. The Labute approximate surface area is 119 Å². The van der Waals surface area contributed by atoms with Crippen LogP contribution in [-0.4, -0.2) is 32.0 Å². The maximum atomic E-state index is 12.6. The summed E-state index contributed by atoms with van der Waals surface area (Å²) in [5.74, 6) is 0.737. The van der Waals surface area contributed by atoms with E-state index in [1.54, 1.807) is 18.1 Å². The fourth-order valence-electron chi connectivity index (χ4n) is 2.08. The van der Waals surface area contributed by atoms with Crippen LogP contribution in [0, 0.1) is 6.92 Å². The molecule has 0 aliphatic carbocycles. The van der Waals surface area contributed by atoms with Crippen LogP contribution in [0.15, 0.2) is 42.6 Å². The number of rotatable bonds is 3. The van der Waals surface area contributed by atoms with Gasteiger partial charge in [0.05, 0.1) is 5.69 Å². The molecule has 0 N–H and O–H groups in total. The van der Waals surface area contributed by atoms with Crippen molar-refractivity contribution in [1.29, 1.82) is 0 Å². The van der Waals surface area contributed by atoms with Gasteiger partial charge in [-0.2, -0.15) is 0 Å². The van der Waals surface area contributed by atoms with Gasteiger partial charge in [0.15, 0.2) is 5.82 Å². The fourth-order valence-corrected chi connectivity index (χ4v) is 2.08. The molecule has 1 amide bonds. The minimum atomic E-state index is -0.0372. The van der Waals surface area contributed by atoms with E-state index in [2.05, 4.69) is 4.98 Å². The van der Waals surface area contributed by atoms with Crippen molar-refractivity contribution in [3.05, 3.63) is 53.7 Å². The molecule has 0 aliphatic heterocycles. The second-order valence-corrected chi connectivity index (χ2v) is 4.97. The van der Waals surface area contributed by atoms with Crippen LogP contribution in [-0.2, 0) is 0 Å². The Morgan fingerprint density at radius 1 is 1.10 bits per heavy atom. The van der Waals surface area contributed by atoms with Gasteiger partial charge in [0.25, 0.3) is 5.91 Å². The number of carbonyl (C=O) groups is 1. The lowest BCUT2D eigenvalue weighted by atomic mass is 10.1. The highest BCUT2D eigenvalue weighted by Crippen LogP contribution is 2.25.